The average molecular weight is 193 g/mol. The third-order valence-electron chi connectivity index (χ3n) is 1.36. The predicted octanol–water partition coefficient (Wildman–Crippen LogP) is 2.34. The molecule has 0 saturated carbocycles. The van der Waals surface area contributed by atoms with Gasteiger partial charge in [-0.1, -0.05) is 0 Å². The first kappa shape index (κ1) is 9.19. The third-order valence-corrected chi connectivity index (χ3v) is 1.63. The van der Waals surface area contributed by atoms with Crippen molar-refractivity contribution in [3.8, 4) is 0 Å². The van der Waals surface area contributed by atoms with Crippen LogP contribution in [0.4, 0.5) is 14.5 Å². The Morgan fingerprint density at radius 1 is 1.50 bits per heavy atom. The second-order valence-electron chi connectivity index (χ2n) is 2.21. The van der Waals surface area contributed by atoms with E-state index in [1.54, 1.807) is 0 Å². The minimum Gasteiger partial charge on any atom is -0.397 e. The Labute approximate surface area is 73.4 Å². The van der Waals surface area contributed by atoms with Crippen molar-refractivity contribution in [3.05, 3.63) is 23.5 Å². The number of nitrogens with zero attached hydrogens (tertiary/aromatic N) is 1. The van der Waals surface area contributed by atoms with E-state index in [1.807, 2.05) is 0 Å². The van der Waals surface area contributed by atoms with Crippen molar-refractivity contribution in [2.45, 2.75) is 12.3 Å². The number of nitrogen functional groups attached to an aromatic ring is 1. The Morgan fingerprint density at radius 3 is 2.67 bits per heavy atom. The van der Waals surface area contributed by atoms with Gasteiger partial charge in [0.05, 0.1) is 17.3 Å². The summed E-state index contributed by atoms with van der Waals surface area (Å²) in [6, 6.07) is 2.90. The van der Waals surface area contributed by atoms with Gasteiger partial charge in [0.1, 0.15) is 5.69 Å². The van der Waals surface area contributed by atoms with Crippen LogP contribution >= 0.6 is 11.6 Å². The molecule has 0 amide bonds. The van der Waals surface area contributed by atoms with E-state index in [4.69, 9.17) is 17.3 Å². The molecule has 2 nitrogen and oxygen atoms in total. The first-order valence-electron chi connectivity index (χ1n) is 3.24. The monoisotopic (exact) mass is 192 g/mol. The molecule has 0 radical (unpaired) electrons. The molecule has 1 aromatic rings. The Bertz CT molecular complexity index is 278. The van der Waals surface area contributed by atoms with E-state index in [9.17, 15) is 8.78 Å². The molecule has 0 unspecified atom stereocenters. The molecular weight excluding hydrogens is 186 g/mol. The summed E-state index contributed by atoms with van der Waals surface area (Å²) < 4.78 is 24.3. The predicted molar refractivity (Wildman–Crippen MR) is 43.2 cm³/mol. The molecule has 0 saturated heterocycles. The van der Waals surface area contributed by atoms with Crippen molar-refractivity contribution < 1.29 is 8.78 Å². The quantitative estimate of drug-likeness (QED) is 0.731. The Kier molecular flexibility index (Phi) is 2.81. The summed E-state index contributed by atoms with van der Waals surface area (Å²) in [4.78, 5) is 3.58. The Hall–Kier alpha value is -0.900. The number of alkyl halides is 3. The molecule has 66 valence electrons. The fourth-order valence-electron chi connectivity index (χ4n) is 0.777. The Balaban J connectivity index is 3.08. The van der Waals surface area contributed by atoms with Crippen LogP contribution in [-0.4, -0.2) is 4.98 Å². The van der Waals surface area contributed by atoms with Crippen molar-refractivity contribution in [2.75, 3.05) is 5.73 Å². The highest BCUT2D eigenvalue weighted by Crippen LogP contribution is 2.22. The van der Waals surface area contributed by atoms with E-state index in [-0.39, 0.29) is 11.6 Å². The molecule has 0 fully saturated rings. The summed E-state index contributed by atoms with van der Waals surface area (Å²) in [5.41, 5.74) is 5.27. The lowest BCUT2D eigenvalue weighted by Crippen LogP contribution is -2.00. The molecule has 1 heterocycles. The molecule has 1 aromatic heterocycles. The number of pyridine rings is 1. The molecule has 12 heavy (non-hydrogen) atoms. The second-order valence-corrected chi connectivity index (χ2v) is 2.48. The largest absolute Gasteiger partial charge is 0.397 e. The van der Waals surface area contributed by atoms with Crippen LogP contribution in [0.15, 0.2) is 12.1 Å². The summed E-state index contributed by atoms with van der Waals surface area (Å²) in [6.45, 7) is 0. The molecule has 0 spiro atoms. The minimum atomic E-state index is -2.65. The van der Waals surface area contributed by atoms with Crippen LogP contribution in [0.25, 0.3) is 0 Å². The fraction of sp³-hybridized carbons (Fsp3) is 0.286. The standard InChI is InChI=1S/C7H7ClF2N2/c8-3-4-1-2-5(11)6(12-4)7(9)10/h1-2,7H,3,11H2. The van der Waals surface area contributed by atoms with Crippen LogP contribution in [0.2, 0.25) is 0 Å². The lowest BCUT2D eigenvalue weighted by molar-refractivity contribution is 0.147. The van der Waals surface area contributed by atoms with Crippen molar-refractivity contribution in [1.29, 1.82) is 0 Å². The molecule has 0 bridgehead atoms. The minimum absolute atomic E-state index is 0.00105. The normalized spacial score (nSPS) is 10.7. The van der Waals surface area contributed by atoms with E-state index in [1.165, 1.54) is 12.1 Å². The maximum Gasteiger partial charge on any atom is 0.282 e. The second kappa shape index (κ2) is 3.67. The average Bonchev–Trinajstić information content (AvgIpc) is 2.05. The summed E-state index contributed by atoms with van der Waals surface area (Å²) in [5.74, 6) is 0.111. The van der Waals surface area contributed by atoms with Crippen molar-refractivity contribution in [3.63, 3.8) is 0 Å². The summed E-state index contributed by atoms with van der Waals surface area (Å²) in [6.07, 6.45) is -2.65. The van der Waals surface area contributed by atoms with Gasteiger partial charge in [-0.3, -0.25) is 0 Å². The van der Waals surface area contributed by atoms with Gasteiger partial charge in [0, 0.05) is 0 Å². The molecule has 1 rings (SSSR count). The number of aromatic nitrogens is 1. The molecule has 2 N–H and O–H groups in total. The van der Waals surface area contributed by atoms with Gasteiger partial charge in [-0.05, 0) is 12.1 Å². The number of anilines is 1. The van der Waals surface area contributed by atoms with E-state index in [0.717, 1.165) is 0 Å². The van der Waals surface area contributed by atoms with Gasteiger partial charge in [-0.25, -0.2) is 13.8 Å². The topological polar surface area (TPSA) is 38.9 Å². The van der Waals surface area contributed by atoms with Gasteiger partial charge in [0.25, 0.3) is 6.43 Å². The zero-order valence-corrected chi connectivity index (χ0v) is 6.85. The van der Waals surface area contributed by atoms with E-state index >= 15 is 0 Å². The van der Waals surface area contributed by atoms with Crippen LogP contribution in [0.1, 0.15) is 17.8 Å². The maximum atomic E-state index is 12.2. The van der Waals surface area contributed by atoms with Gasteiger partial charge in [0.15, 0.2) is 0 Å². The van der Waals surface area contributed by atoms with E-state index in [2.05, 4.69) is 4.98 Å². The smallest absolute Gasteiger partial charge is 0.282 e. The highest BCUT2D eigenvalue weighted by atomic mass is 35.5. The first-order chi connectivity index (χ1) is 5.65. The van der Waals surface area contributed by atoms with Crippen LogP contribution in [0, 0.1) is 0 Å². The van der Waals surface area contributed by atoms with Crippen LogP contribution in [0.5, 0.6) is 0 Å². The van der Waals surface area contributed by atoms with E-state index < -0.39 is 12.1 Å². The number of halogens is 3. The van der Waals surface area contributed by atoms with Gasteiger partial charge in [-0.2, -0.15) is 0 Å². The lowest BCUT2D eigenvalue weighted by atomic mass is 10.3. The van der Waals surface area contributed by atoms with Crippen molar-refractivity contribution >= 4 is 17.3 Å². The van der Waals surface area contributed by atoms with Crippen molar-refractivity contribution in [1.82, 2.24) is 4.98 Å². The first-order valence-corrected chi connectivity index (χ1v) is 3.78. The highest BCUT2D eigenvalue weighted by molar-refractivity contribution is 6.16. The zero-order chi connectivity index (χ0) is 9.14. The van der Waals surface area contributed by atoms with Gasteiger partial charge < -0.3 is 5.73 Å². The van der Waals surface area contributed by atoms with Crippen LogP contribution in [-0.2, 0) is 5.88 Å². The molecule has 0 atom stereocenters. The van der Waals surface area contributed by atoms with Gasteiger partial charge >= 0.3 is 0 Å². The summed E-state index contributed by atoms with van der Waals surface area (Å²) in [5, 5.41) is 0. The van der Waals surface area contributed by atoms with E-state index in [0.29, 0.717) is 5.69 Å². The third kappa shape index (κ3) is 1.82. The molecule has 0 aliphatic carbocycles. The lowest BCUT2D eigenvalue weighted by Gasteiger charge is -2.04. The molecular formula is C7H7ClF2N2. The summed E-state index contributed by atoms with van der Waals surface area (Å²) in [7, 11) is 0. The fourth-order valence-corrected chi connectivity index (χ4v) is 0.926. The summed E-state index contributed by atoms with van der Waals surface area (Å²) >= 11 is 5.41. The zero-order valence-electron chi connectivity index (χ0n) is 6.10. The number of nitrogens with two attached hydrogens (primary N) is 1. The highest BCUT2D eigenvalue weighted by Gasteiger charge is 2.13. The van der Waals surface area contributed by atoms with Gasteiger partial charge in [-0.15, -0.1) is 11.6 Å². The molecule has 0 aliphatic rings. The number of hydrogen-bond donors (Lipinski definition) is 1. The maximum absolute atomic E-state index is 12.2. The number of hydrogen-bond acceptors (Lipinski definition) is 2. The molecule has 0 aromatic carbocycles. The Morgan fingerprint density at radius 2 is 2.17 bits per heavy atom. The van der Waals surface area contributed by atoms with Crippen LogP contribution in [0.3, 0.4) is 0 Å². The van der Waals surface area contributed by atoms with Crippen molar-refractivity contribution in [2.24, 2.45) is 0 Å². The van der Waals surface area contributed by atoms with Gasteiger partial charge in [0.2, 0.25) is 0 Å². The molecule has 5 heteroatoms. The number of rotatable bonds is 2. The van der Waals surface area contributed by atoms with Crippen LogP contribution < -0.4 is 5.73 Å². The molecule has 0 aliphatic heterocycles. The SMILES string of the molecule is Nc1ccc(CCl)nc1C(F)F.